The number of anilines is 1. The van der Waals surface area contributed by atoms with Crippen LogP contribution in [0.3, 0.4) is 0 Å². The maximum absolute atomic E-state index is 12.4. The number of carbonyl (C=O) groups is 1. The van der Waals surface area contributed by atoms with Gasteiger partial charge in [-0.25, -0.2) is 4.98 Å². The van der Waals surface area contributed by atoms with Gasteiger partial charge < -0.3 is 15.0 Å². The molecular formula is C16H15N3O2. The van der Waals surface area contributed by atoms with Crippen LogP contribution in [-0.2, 0) is 0 Å². The molecule has 1 amide bonds. The van der Waals surface area contributed by atoms with E-state index in [9.17, 15) is 4.79 Å². The van der Waals surface area contributed by atoms with E-state index in [0.29, 0.717) is 23.7 Å². The molecule has 21 heavy (non-hydrogen) atoms. The monoisotopic (exact) mass is 281 g/mol. The number of nitrogens with zero attached hydrogens (tertiary/aromatic N) is 1. The Kier molecular flexibility index (Phi) is 3.55. The maximum atomic E-state index is 12.4. The third-order valence-electron chi connectivity index (χ3n) is 3.13. The Morgan fingerprint density at radius 3 is 3.00 bits per heavy atom. The average Bonchev–Trinajstić information content (AvgIpc) is 2.93. The highest BCUT2D eigenvalue weighted by Gasteiger charge is 2.14. The number of aromatic amines is 1. The van der Waals surface area contributed by atoms with Gasteiger partial charge in [-0.1, -0.05) is 18.2 Å². The summed E-state index contributed by atoms with van der Waals surface area (Å²) in [7, 11) is 0. The van der Waals surface area contributed by atoms with E-state index in [1.54, 1.807) is 24.5 Å². The number of nitrogens with one attached hydrogen (secondary N) is 2. The second-order valence-corrected chi connectivity index (χ2v) is 4.49. The van der Waals surface area contributed by atoms with Crippen molar-refractivity contribution in [1.29, 1.82) is 0 Å². The SMILES string of the molecule is CCOc1ncccc1NC(=O)c1c[nH]c2ccccc12. The molecule has 5 nitrogen and oxygen atoms in total. The highest BCUT2D eigenvalue weighted by atomic mass is 16.5. The summed E-state index contributed by atoms with van der Waals surface area (Å²) >= 11 is 0. The predicted molar refractivity (Wildman–Crippen MR) is 81.7 cm³/mol. The minimum Gasteiger partial charge on any atom is -0.476 e. The Morgan fingerprint density at radius 1 is 1.29 bits per heavy atom. The number of aromatic nitrogens is 2. The Hall–Kier alpha value is -2.82. The number of carbonyl (C=O) groups excluding carboxylic acids is 1. The number of fused-ring (bicyclic) bond motifs is 1. The third-order valence-corrected chi connectivity index (χ3v) is 3.13. The van der Waals surface area contributed by atoms with Gasteiger partial charge >= 0.3 is 0 Å². The molecule has 3 rings (SSSR count). The highest BCUT2D eigenvalue weighted by Crippen LogP contribution is 2.23. The summed E-state index contributed by atoms with van der Waals surface area (Å²) in [6, 6.07) is 11.2. The number of ether oxygens (including phenoxy) is 1. The Morgan fingerprint density at radius 2 is 2.14 bits per heavy atom. The van der Waals surface area contributed by atoms with E-state index in [-0.39, 0.29) is 5.91 Å². The first-order valence-corrected chi connectivity index (χ1v) is 6.75. The largest absolute Gasteiger partial charge is 0.476 e. The second-order valence-electron chi connectivity index (χ2n) is 4.49. The van der Waals surface area contributed by atoms with Crippen LogP contribution in [0, 0.1) is 0 Å². The van der Waals surface area contributed by atoms with Crippen molar-refractivity contribution in [3.05, 3.63) is 54.4 Å². The molecule has 0 saturated heterocycles. The molecule has 2 heterocycles. The van der Waals surface area contributed by atoms with Gasteiger partial charge in [-0.15, -0.1) is 0 Å². The van der Waals surface area contributed by atoms with Crippen LogP contribution in [0.1, 0.15) is 17.3 Å². The summed E-state index contributed by atoms with van der Waals surface area (Å²) in [6.07, 6.45) is 3.34. The van der Waals surface area contributed by atoms with Crippen LogP contribution >= 0.6 is 0 Å². The smallest absolute Gasteiger partial charge is 0.257 e. The van der Waals surface area contributed by atoms with Crippen molar-refractivity contribution in [2.45, 2.75) is 6.92 Å². The zero-order valence-corrected chi connectivity index (χ0v) is 11.6. The van der Waals surface area contributed by atoms with E-state index >= 15 is 0 Å². The zero-order chi connectivity index (χ0) is 14.7. The second kappa shape index (κ2) is 5.66. The molecular weight excluding hydrogens is 266 g/mol. The summed E-state index contributed by atoms with van der Waals surface area (Å²) in [5.41, 5.74) is 2.09. The van der Waals surface area contributed by atoms with Crippen LogP contribution in [0.4, 0.5) is 5.69 Å². The van der Waals surface area contributed by atoms with E-state index in [1.165, 1.54) is 0 Å². The van der Waals surface area contributed by atoms with Crippen LogP contribution in [0.25, 0.3) is 10.9 Å². The van der Waals surface area contributed by atoms with Gasteiger partial charge in [0.2, 0.25) is 5.88 Å². The fraction of sp³-hybridized carbons (Fsp3) is 0.125. The maximum Gasteiger partial charge on any atom is 0.257 e. The van der Waals surface area contributed by atoms with Crippen molar-refractivity contribution in [3.8, 4) is 5.88 Å². The number of para-hydroxylation sites is 1. The first-order chi connectivity index (χ1) is 10.3. The number of pyridine rings is 1. The first-order valence-electron chi connectivity index (χ1n) is 6.75. The molecule has 0 unspecified atom stereocenters. The Labute approximate surface area is 122 Å². The van der Waals surface area contributed by atoms with Crippen molar-refractivity contribution in [2.24, 2.45) is 0 Å². The molecule has 0 aliphatic heterocycles. The molecule has 0 aliphatic rings. The van der Waals surface area contributed by atoms with Gasteiger partial charge in [0, 0.05) is 23.3 Å². The molecule has 0 saturated carbocycles. The van der Waals surface area contributed by atoms with Gasteiger partial charge in [0.25, 0.3) is 5.91 Å². The van der Waals surface area contributed by atoms with Crippen molar-refractivity contribution in [1.82, 2.24) is 9.97 Å². The minimum absolute atomic E-state index is 0.193. The van der Waals surface area contributed by atoms with Crippen LogP contribution in [-0.4, -0.2) is 22.5 Å². The molecule has 0 bridgehead atoms. The van der Waals surface area contributed by atoms with E-state index in [0.717, 1.165) is 10.9 Å². The average molecular weight is 281 g/mol. The van der Waals surface area contributed by atoms with Crippen molar-refractivity contribution >= 4 is 22.5 Å². The normalized spacial score (nSPS) is 10.5. The molecule has 0 fully saturated rings. The van der Waals surface area contributed by atoms with Gasteiger partial charge in [0.05, 0.1) is 12.2 Å². The minimum atomic E-state index is -0.193. The highest BCUT2D eigenvalue weighted by molar-refractivity contribution is 6.13. The lowest BCUT2D eigenvalue weighted by molar-refractivity contribution is 0.102. The fourth-order valence-electron chi connectivity index (χ4n) is 2.19. The quantitative estimate of drug-likeness (QED) is 0.771. The molecule has 0 aliphatic carbocycles. The molecule has 0 atom stereocenters. The van der Waals surface area contributed by atoms with E-state index in [1.807, 2.05) is 31.2 Å². The van der Waals surface area contributed by atoms with Gasteiger partial charge in [0.15, 0.2) is 0 Å². The molecule has 5 heteroatoms. The van der Waals surface area contributed by atoms with Crippen LogP contribution in [0.5, 0.6) is 5.88 Å². The number of hydrogen-bond donors (Lipinski definition) is 2. The van der Waals surface area contributed by atoms with Gasteiger partial charge in [-0.05, 0) is 25.1 Å². The first kappa shape index (κ1) is 13.2. The van der Waals surface area contributed by atoms with Crippen molar-refractivity contribution in [3.63, 3.8) is 0 Å². The molecule has 3 aromatic rings. The number of amides is 1. The van der Waals surface area contributed by atoms with Crippen LogP contribution < -0.4 is 10.1 Å². The summed E-state index contributed by atoms with van der Waals surface area (Å²) in [4.78, 5) is 19.6. The molecule has 106 valence electrons. The number of benzene rings is 1. The molecule has 0 radical (unpaired) electrons. The van der Waals surface area contributed by atoms with Crippen LogP contribution in [0.2, 0.25) is 0 Å². The van der Waals surface area contributed by atoms with Gasteiger partial charge in [0.1, 0.15) is 5.69 Å². The van der Waals surface area contributed by atoms with Crippen LogP contribution in [0.15, 0.2) is 48.8 Å². The fourth-order valence-corrected chi connectivity index (χ4v) is 2.19. The molecule has 1 aromatic carbocycles. The summed E-state index contributed by atoms with van der Waals surface area (Å²) in [5, 5.41) is 3.73. The van der Waals surface area contributed by atoms with Gasteiger partial charge in [-0.2, -0.15) is 0 Å². The summed E-state index contributed by atoms with van der Waals surface area (Å²) < 4.78 is 5.41. The summed E-state index contributed by atoms with van der Waals surface area (Å²) in [6.45, 7) is 2.37. The Bertz CT molecular complexity index is 780. The van der Waals surface area contributed by atoms with Gasteiger partial charge in [-0.3, -0.25) is 4.79 Å². The number of H-pyrrole nitrogens is 1. The summed E-state index contributed by atoms with van der Waals surface area (Å²) in [5.74, 6) is 0.231. The van der Waals surface area contributed by atoms with Crippen molar-refractivity contribution < 1.29 is 9.53 Å². The lowest BCUT2D eigenvalue weighted by Crippen LogP contribution is -2.13. The van der Waals surface area contributed by atoms with E-state index < -0.39 is 0 Å². The lowest BCUT2D eigenvalue weighted by Gasteiger charge is -2.09. The van der Waals surface area contributed by atoms with E-state index in [4.69, 9.17) is 4.74 Å². The van der Waals surface area contributed by atoms with E-state index in [2.05, 4.69) is 15.3 Å². The molecule has 2 N–H and O–H groups in total. The zero-order valence-electron chi connectivity index (χ0n) is 11.6. The van der Waals surface area contributed by atoms with Crippen molar-refractivity contribution in [2.75, 3.05) is 11.9 Å². The predicted octanol–water partition coefficient (Wildman–Crippen LogP) is 3.21. The molecule has 2 aromatic heterocycles. The molecule has 0 spiro atoms. The lowest BCUT2D eigenvalue weighted by atomic mass is 10.1. The Balaban J connectivity index is 1.90. The number of hydrogen-bond acceptors (Lipinski definition) is 3. The topological polar surface area (TPSA) is 67.0 Å². The number of rotatable bonds is 4. The third kappa shape index (κ3) is 2.58. The standard InChI is InChI=1S/C16H15N3O2/c1-2-21-16-14(8-5-9-17-16)19-15(20)12-10-18-13-7-4-3-6-11(12)13/h3-10,18H,2H2,1H3,(H,19,20).